The number of aliphatic hydroxyl groups is 1. The van der Waals surface area contributed by atoms with Gasteiger partial charge < -0.3 is 10.0 Å². The molecule has 2 rings (SSSR count). The SMILES string of the molecule is CN(C)Cc1ccc(-c2cncnc2)c(CO)c1. The van der Waals surface area contributed by atoms with Crippen LogP contribution in [0.25, 0.3) is 11.1 Å². The van der Waals surface area contributed by atoms with Crippen molar-refractivity contribution >= 4 is 0 Å². The van der Waals surface area contributed by atoms with Gasteiger partial charge in [0.1, 0.15) is 6.33 Å². The van der Waals surface area contributed by atoms with Crippen LogP contribution in [0.2, 0.25) is 0 Å². The summed E-state index contributed by atoms with van der Waals surface area (Å²) in [7, 11) is 4.05. The fraction of sp³-hybridized carbons (Fsp3) is 0.286. The molecule has 94 valence electrons. The largest absolute Gasteiger partial charge is 0.392 e. The molecule has 2 aromatic rings. The average molecular weight is 243 g/mol. The molecule has 0 amide bonds. The number of hydrogen-bond donors (Lipinski definition) is 1. The second-order valence-electron chi connectivity index (χ2n) is 4.51. The maximum absolute atomic E-state index is 9.48. The van der Waals surface area contributed by atoms with E-state index in [0.717, 1.165) is 23.2 Å². The molecular formula is C14H17N3O. The van der Waals surface area contributed by atoms with Crippen LogP contribution in [-0.2, 0) is 13.2 Å². The Balaban J connectivity index is 2.38. The van der Waals surface area contributed by atoms with Crippen LogP contribution < -0.4 is 0 Å². The summed E-state index contributed by atoms with van der Waals surface area (Å²) in [5.41, 5.74) is 4.01. The Bertz CT molecular complexity index is 512. The van der Waals surface area contributed by atoms with Crippen LogP contribution in [0, 0.1) is 0 Å². The summed E-state index contributed by atoms with van der Waals surface area (Å²) in [4.78, 5) is 10.1. The number of aliphatic hydroxyl groups excluding tert-OH is 1. The number of aromatic nitrogens is 2. The van der Waals surface area contributed by atoms with Crippen molar-refractivity contribution in [1.82, 2.24) is 14.9 Å². The monoisotopic (exact) mass is 243 g/mol. The van der Waals surface area contributed by atoms with Crippen molar-refractivity contribution < 1.29 is 5.11 Å². The summed E-state index contributed by atoms with van der Waals surface area (Å²) in [6.07, 6.45) is 5.02. The Morgan fingerprint density at radius 1 is 1.17 bits per heavy atom. The van der Waals surface area contributed by atoms with Gasteiger partial charge in [-0.15, -0.1) is 0 Å². The molecule has 4 nitrogen and oxygen atoms in total. The van der Waals surface area contributed by atoms with E-state index in [1.54, 1.807) is 12.4 Å². The third-order valence-corrected chi connectivity index (χ3v) is 2.71. The van der Waals surface area contributed by atoms with Crippen molar-refractivity contribution in [3.8, 4) is 11.1 Å². The quantitative estimate of drug-likeness (QED) is 0.888. The molecule has 0 aliphatic carbocycles. The Kier molecular flexibility index (Phi) is 4.02. The van der Waals surface area contributed by atoms with Crippen LogP contribution in [-0.4, -0.2) is 34.1 Å². The van der Waals surface area contributed by atoms with E-state index in [4.69, 9.17) is 0 Å². The lowest BCUT2D eigenvalue weighted by atomic mass is 10.00. The molecule has 0 radical (unpaired) electrons. The molecule has 18 heavy (non-hydrogen) atoms. The molecule has 0 aliphatic heterocycles. The number of benzene rings is 1. The van der Waals surface area contributed by atoms with Gasteiger partial charge in [-0.1, -0.05) is 18.2 Å². The minimum Gasteiger partial charge on any atom is -0.392 e. The van der Waals surface area contributed by atoms with E-state index < -0.39 is 0 Å². The lowest BCUT2D eigenvalue weighted by molar-refractivity contribution is 0.282. The first kappa shape index (κ1) is 12.7. The van der Waals surface area contributed by atoms with E-state index in [-0.39, 0.29) is 6.61 Å². The predicted molar refractivity (Wildman–Crippen MR) is 70.8 cm³/mol. The Morgan fingerprint density at radius 3 is 2.50 bits per heavy atom. The van der Waals surface area contributed by atoms with Gasteiger partial charge in [0.2, 0.25) is 0 Å². The van der Waals surface area contributed by atoms with Crippen molar-refractivity contribution in [2.24, 2.45) is 0 Å². The van der Waals surface area contributed by atoms with Gasteiger partial charge in [-0.3, -0.25) is 0 Å². The van der Waals surface area contributed by atoms with Gasteiger partial charge in [-0.25, -0.2) is 9.97 Å². The lowest BCUT2D eigenvalue weighted by Crippen LogP contribution is -2.11. The van der Waals surface area contributed by atoms with E-state index in [9.17, 15) is 5.11 Å². The maximum atomic E-state index is 9.48. The van der Waals surface area contributed by atoms with Crippen LogP contribution >= 0.6 is 0 Å². The van der Waals surface area contributed by atoms with Gasteiger partial charge in [-0.05, 0) is 30.8 Å². The zero-order valence-electron chi connectivity index (χ0n) is 10.7. The van der Waals surface area contributed by atoms with Crippen LogP contribution in [0.4, 0.5) is 0 Å². The van der Waals surface area contributed by atoms with Gasteiger partial charge >= 0.3 is 0 Å². The molecular weight excluding hydrogens is 226 g/mol. The minimum atomic E-state index is 0.0193. The molecule has 1 N–H and O–H groups in total. The van der Waals surface area contributed by atoms with Crippen molar-refractivity contribution in [2.75, 3.05) is 14.1 Å². The van der Waals surface area contributed by atoms with Crippen molar-refractivity contribution in [3.63, 3.8) is 0 Å². The van der Waals surface area contributed by atoms with E-state index in [0.29, 0.717) is 0 Å². The van der Waals surface area contributed by atoms with Crippen LogP contribution in [0.3, 0.4) is 0 Å². The van der Waals surface area contributed by atoms with Crippen LogP contribution in [0.5, 0.6) is 0 Å². The molecule has 0 saturated heterocycles. The van der Waals surface area contributed by atoms with Crippen molar-refractivity contribution in [3.05, 3.63) is 48.0 Å². The highest BCUT2D eigenvalue weighted by molar-refractivity contribution is 5.66. The highest BCUT2D eigenvalue weighted by Crippen LogP contribution is 2.24. The molecule has 0 spiro atoms. The zero-order valence-corrected chi connectivity index (χ0v) is 10.7. The summed E-state index contributed by atoms with van der Waals surface area (Å²) in [6.45, 7) is 0.879. The fourth-order valence-corrected chi connectivity index (χ4v) is 1.96. The highest BCUT2D eigenvalue weighted by atomic mass is 16.3. The lowest BCUT2D eigenvalue weighted by Gasteiger charge is -2.13. The Labute approximate surface area is 107 Å². The number of nitrogens with zero attached hydrogens (tertiary/aromatic N) is 3. The molecule has 0 atom stereocenters. The van der Waals surface area contributed by atoms with E-state index in [1.165, 1.54) is 11.9 Å². The molecule has 0 bridgehead atoms. The van der Waals surface area contributed by atoms with E-state index >= 15 is 0 Å². The van der Waals surface area contributed by atoms with Gasteiger partial charge in [0.15, 0.2) is 0 Å². The predicted octanol–water partition coefficient (Wildman–Crippen LogP) is 1.70. The summed E-state index contributed by atoms with van der Waals surface area (Å²) in [6, 6.07) is 6.12. The highest BCUT2D eigenvalue weighted by Gasteiger charge is 2.06. The first-order valence-corrected chi connectivity index (χ1v) is 5.83. The van der Waals surface area contributed by atoms with Crippen LogP contribution in [0.1, 0.15) is 11.1 Å². The second-order valence-corrected chi connectivity index (χ2v) is 4.51. The van der Waals surface area contributed by atoms with Gasteiger partial charge in [-0.2, -0.15) is 0 Å². The Hall–Kier alpha value is -1.78. The summed E-state index contributed by atoms with van der Waals surface area (Å²) in [5, 5.41) is 9.48. The summed E-state index contributed by atoms with van der Waals surface area (Å²) >= 11 is 0. The molecule has 0 saturated carbocycles. The minimum absolute atomic E-state index is 0.0193. The summed E-state index contributed by atoms with van der Waals surface area (Å²) in [5.74, 6) is 0. The van der Waals surface area contributed by atoms with Crippen LogP contribution in [0.15, 0.2) is 36.9 Å². The molecule has 0 aliphatic rings. The van der Waals surface area contributed by atoms with E-state index in [2.05, 4.69) is 20.9 Å². The van der Waals surface area contributed by atoms with Gasteiger partial charge in [0, 0.05) is 24.5 Å². The van der Waals surface area contributed by atoms with Crippen molar-refractivity contribution in [1.29, 1.82) is 0 Å². The topological polar surface area (TPSA) is 49.2 Å². The molecule has 1 aromatic carbocycles. The maximum Gasteiger partial charge on any atom is 0.115 e. The smallest absolute Gasteiger partial charge is 0.115 e. The van der Waals surface area contributed by atoms with E-state index in [1.807, 2.05) is 26.2 Å². The van der Waals surface area contributed by atoms with Crippen molar-refractivity contribution in [2.45, 2.75) is 13.2 Å². The summed E-state index contributed by atoms with van der Waals surface area (Å²) < 4.78 is 0. The molecule has 1 aromatic heterocycles. The molecule has 0 fully saturated rings. The fourth-order valence-electron chi connectivity index (χ4n) is 1.96. The Morgan fingerprint density at radius 2 is 1.89 bits per heavy atom. The number of rotatable bonds is 4. The zero-order chi connectivity index (χ0) is 13.0. The van der Waals surface area contributed by atoms with Gasteiger partial charge in [0.05, 0.1) is 6.61 Å². The second kappa shape index (κ2) is 5.71. The molecule has 1 heterocycles. The molecule has 0 unspecified atom stereocenters. The third kappa shape index (κ3) is 2.91. The average Bonchev–Trinajstić information content (AvgIpc) is 2.39. The first-order chi connectivity index (χ1) is 8.70. The third-order valence-electron chi connectivity index (χ3n) is 2.71. The van der Waals surface area contributed by atoms with Gasteiger partial charge in [0.25, 0.3) is 0 Å². The first-order valence-electron chi connectivity index (χ1n) is 5.83. The number of hydrogen-bond acceptors (Lipinski definition) is 4. The standard InChI is InChI=1S/C14H17N3O/c1-17(2)8-11-3-4-14(12(5-11)9-18)13-6-15-10-16-7-13/h3-7,10,18H,8-9H2,1-2H3. The molecule has 4 heteroatoms. The normalized spacial score (nSPS) is 10.9.